The van der Waals surface area contributed by atoms with E-state index in [-0.39, 0.29) is 11.4 Å². The van der Waals surface area contributed by atoms with Gasteiger partial charge >= 0.3 is 5.97 Å². The molecule has 3 N–H and O–H groups in total. The van der Waals surface area contributed by atoms with E-state index >= 15 is 0 Å². The van der Waals surface area contributed by atoms with Crippen LogP contribution < -0.4 is 5.73 Å². The number of carboxylic acids is 1. The van der Waals surface area contributed by atoms with Crippen LogP contribution in [0.4, 0.5) is 4.39 Å². The highest BCUT2D eigenvalue weighted by Gasteiger charge is 2.14. The van der Waals surface area contributed by atoms with E-state index in [2.05, 4.69) is 0 Å². The first-order valence-corrected chi connectivity index (χ1v) is 4.31. The minimum Gasteiger partial charge on any atom is -0.480 e. The van der Waals surface area contributed by atoms with Gasteiger partial charge in [0.25, 0.3) is 0 Å². The first-order valence-electron chi connectivity index (χ1n) is 3.93. The van der Waals surface area contributed by atoms with Crippen LogP contribution in [-0.4, -0.2) is 17.1 Å². The van der Waals surface area contributed by atoms with E-state index in [0.29, 0.717) is 5.56 Å². The van der Waals surface area contributed by atoms with Crippen LogP contribution in [0.15, 0.2) is 18.2 Å². The van der Waals surface area contributed by atoms with E-state index in [1.165, 1.54) is 12.1 Å². The minimum atomic E-state index is -1.11. The molecule has 0 aliphatic heterocycles. The van der Waals surface area contributed by atoms with Crippen LogP contribution in [-0.2, 0) is 11.2 Å². The van der Waals surface area contributed by atoms with Crippen molar-refractivity contribution in [3.8, 4) is 0 Å². The quantitative estimate of drug-likeness (QED) is 0.805. The molecule has 76 valence electrons. The Bertz CT molecular complexity index is 357. The monoisotopic (exact) mass is 217 g/mol. The van der Waals surface area contributed by atoms with Crippen molar-refractivity contribution in [2.24, 2.45) is 5.73 Å². The molecule has 0 spiro atoms. The Labute approximate surface area is 85.3 Å². The first-order chi connectivity index (χ1) is 6.50. The predicted molar refractivity (Wildman–Crippen MR) is 50.7 cm³/mol. The summed E-state index contributed by atoms with van der Waals surface area (Å²) >= 11 is 5.69. The summed E-state index contributed by atoms with van der Waals surface area (Å²) in [5.41, 5.74) is 5.83. The van der Waals surface area contributed by atoms with Gasteiger partial charge in [0.15, 0.2) is 0 Å². The molecule has 1 aromatic rings. The summed E-state index contributed by atoms with van der Waals surface area (Å²) in [4.78, 5) is 10.4. The van der Waals surface area contributed by atoms with Crippen LogP contribution in [0.25, 0.3) is 0 Å². The van der Waals surface area contributed by atoms with E-state index in [1.807, 2.05) is 0 Å². The molecule has 1 atom stereocenters. The predicted octanol–water partition coefficient (Wildman–Crippen LogP) is 1.43. The Morgan fingerprint density at radius 3 is 2.79 bits per heavy atom. The molecule has 0 saturated carbocycles. The van der Waals surface area contributed by atoms with Crippen LogP contribution in [0.3, 0.4) is 0 Å². The summed E-state index contributed by atoms with van der Waals surface area (Å²) < 4.78 is 12.6. The second kappa shape index (κ2) is 4.39. The fourth-order valence-corrected chi connectivity index (χ4v) is 1.26. The highest BCUT2D eigenvalue weighted by atomic mass is 35.5. The smallest absolute Gasteiger partial charge is 0.320 e. The van der Waals surface area contributed by atoms with Crippen LogP contribution in [0, 0.1) is 5.82 Å². The van der Waals surface area contributed by atoms with E-state index in [1.54, 1.807) is 0 Å². The van der Waals surface area contributed by atoms with Gasteiger partial charge in [0.2, 0.25) is 0 Å². The number of aliphatic carboxylic acids is 1. The Morgan fingerprint density at radius 1 is 1.64 bits per heavy atom. The summed E-state index contributed by atoms with van der Waals surface area (Å²) in [7, 11) is 0. The molecule has 0 aliphatic carbocycles. The normalized spacial score (nSPS) is 12.5. The van der Waals surface area contributed by atoms with Crippen molar-refractivity contribution in [2.75, 3.05) is 0 Å². The van der Waals surface area contributed by atoms with Gasteiger partial charge in [-0.25, -0.2) is 4.39 Å². The van der Waals surface area contributed by atoms with Crippen LogP contribution in [0.1, 0.15) is 5.56 Å². The van der Waals surface area contributed by atoms with Gasteiger partial charge in [-0.05, 0) is 24.1 Å². The molecule has 0 aliphatic rings. The molecular weight excluding hydrogens is 209 g/mol. The van der Waals surface area contributed by atoms with Crippen molar-refractivity contribution in [2.45, 2.75) is 12.5 Å². The Morgan fingerprint density at radius 2 is 2.29 bits per heavy atom. The average Bonchev–Trinajstić information content (AvgIpc) is 2.09. The molecule has 5 heteroatoms. The van der Waals surface area contributed by atoms with Crippen molar-refractivity contribution >= 4 is 17.6 Å². The summed E-state index contributed by atoms with van der Waals surface area (Å²) in [5, 5.41) is 8.74. The van der Waals surface area contributed by atoms with Gasteiger partial charge in [0.1, 0.15) is 11.9 Å². The van der Waals surface area contributed by atoms with E-state index in [9.17, 15) is 9.18 Å². The molecule has 0 heterocycles. The molecule has 1 rings (SSSR count). The second-order valence-corrected chi connectivity index (χ2v) is 3.29. The highest BCUT2D eigenvalue weighted by Crippen LogP contribution is 2.18. The molecule has 0 aromatic heterocycles. The Kier molecular flexibility index (Phi) is 3.43. The van der Waals surface area contributed by atoms with E-state index < -0.39 is 17.8 Å². The molecule has 0 fully saturated rings. The lowest BCUT2D eigenvalue weighted by molar-refractivity contribution is -0.138. The third kappa shape index (κ3) is 2.68. The fourth-order valence-electron chi connectivity index (χ4n) is 1.01. The summed E-state index contributed by atoms with van der Waals surface area (Å²) in [6.07, 6.45) is 0.0917. The molecule has 14 heavy (non-hydrogen) atoms. The summed E-state index contributed by atoms with van der Waals surface area (Å²) in [6.45, 7) is 0. The molecule has 3 nitrogen and oxygen atoms in total. The van der Waals surface area contributed by atoms with Crippen molar-refractivity contribution in [3.63, 3.8) is 0 Å². The van der Waals surface area contributed by atoms with Gasteiger partial charge in [-0.15, -0.1) is 0 Å². The minimum absolute atomic E-state index is 0.0917. The summed E-state index contributed by atoms with van der Waals surface area (Å²) in [6, 6.07) is 2.76. The SMILES string of the molecule is NC(Cc1ccc(F)cc1Cl)C(=O)O. The van der Waals surface area contributed by atoms with E-state index in [4.69, 9.17) is 22.4 Å². The van der Waals surface area contributed by atoms with Gasteiger partial charge in [0, 0.05) is 5.02 Å². The van der Waals surface area contributed by atoms with Gasteiger partial charge in [0.05, 0.1) is 0 Å². The molecule has 0 amide bonds. The van der Waals surface area contributed by atoms with Crippen molar-refractivity contribution < 1.29 is 14.3 Å². The Hall–Kier alpha value is -1.13. The third-order valence-electron chi connectivity index (χ3n) is 1.77. The largest absolute Gasteiger partial charge is 0.480 e. The van der Waals surface area contributed by atoms with Gasteiger partial charge in [-0.2, -0.15) is 0 Å². The lowest BCUT2D eigenvalue weighted by atomic mass is 10.1. The summed E-state index contributed by atoms with van der Waals surface area (Å²) in [5.74, 6) is -1.56. The molecular formula is C9H9ClFNO2. The topological polar surface area (TPSA) is 63.3 Å². The number of carboxylic acid groups (broad SMARTS) is 1. The molecule has 0 radical (unpaired) electrons. The fraction of sp³-hybridized carbons (Fsp3) is 0.222. The van der Waals surface area contributed by atoms with Crippen molar-refractivity contribution in [1.82, 2.24) is 0 Å². The zero-order valence-electron chi connectivity index (χ0n) is 7.21. The maximum absolute atomic E-state index is 12.6. The van der Waals surface area contributed by atoms with Gasteiger partial charge < -0.3 is 10.8 Å². The zero-order valence-corrected chi connectivity index (χ0v) is 7.96. The van der Waals surface area contributed by atoms with Crippen molar-refractivity contribution in [3.05, 3.63) is 34.6 Å². The third-order valence-corrected chi connectivity index (χ3v) is 2.12. The number of hydrogen-bond donors (Lipinski definition) is 2. The highest BCUT2D eigenvalue weighted by molar-refractivity contribution is 6.31. The number of nitrogens with two attached hydrogens (primary N) is 1. The van der Waals surface area contributed by atoms with Crippen LogP contribution in [0.2, 0.25) is 5.02 Å². The zero-order chi connectivity index (χ0) is 10.7. The average molecular weight is 218 g/mol. The molecule has 0 bridgehead atoms. The standard InChI is InChI=1S/C9H9ClFNO2/c10-7-4-6(11)2-1-5(7)3-8(12)9(13)14/h1-2,4,8H,3,12H2,(H,13,14). The van der Waals surface area contributed by atoms with Crippen LogP contribution in [0.5, 0.6) is 0 Å². The molecule has 1 unspecified atom stereocenters. The van der Waals surface area contributed by atoms with Crippen LogP contribution >= 0.6 is 11.6 Å². The number of benzene rings is 1. The molecule has 0 saturated heterocycles. The number of hydrogen-bond acceptors (Lipinski definition) is 2. The van der Waals surface area contributed by atoms with Crippen molar-refractivity contribution in [1.29, 1.82) is 0 Å². The maximum atomic E-state index is 12.6. The number of carbonyl (C=O) groups is 1. The first kappa shape index (κ1) is 10.9. The maximum Gasteiger partial charge on any atom is 0.320 e. The Balaban J connectivity index is 2.82. The molecule has 1 aromatic carbocycles. The second-order valence-electron chi connectivity index (χ2n) is 2.88. The lowest BCUT2D eigenvalue weighted by Gasteiger charge is -2.07. The van der Waals surface area contributed by atoms with Gasteiger partial charge in [-0.1, -0.05) is 17.7 Å². The number of rotatable bonds is 3. The lowest BCUT2D eigenvalue weighted by Crippen LogP contribution is -2.32. The number of halogens is 2. The van der Waals surface area contributed by atoms with Gasteiger partial charge in [-0.3, -0.25) is 4.79 Å². The van der Waals surface area contributed by atoms with E-state index in [0.717, 1.165) is 6.07 Å².